The van der Waals surface area contributed by atoms with Gasteiger partial charge < -0.3 is 31.5 Å². The SMILES string of the molecule is C=CCNC(=O)C(=O)C(CCCC)NC(=O)C1CCCN1C(=O)C(NC(=O)N[C@H](CN(S)CCCNC)C(C)(C)C)C(C)(C)C.CC. The van der Waals surface area contributed by atoms with Gasteiger partial charge in [0.05, 0.1) is 6.04 Å². The molecule has 272 valence electrons. The molecule has 0 aromatic rings. The summed E-state index contributed by atoms with van der Waals surface area (Å²) >= 11 is 4.60. The molecule has 1 rings (SSSR count). The summed E-state index contributed by atoms with van der Waals surface area (Å²) in [6.45, 7) is 23.8. The first-order valence-corrected chi connectivity index (χ1v) is 17.6. The molecule has 1 aliphatic rings. The Morgan fingerprint density at radius 2 is 1.64 bits per heavy atom. The summed E-state index contributed by atoms with van der Waals surface area (Å²) in [6.07, 6.45) is 5.11. The molecule has 0 saturated carbocycles. The summed E-state index contributed by atoms with van der Waals surface area (Å²) in [4.78, 5) is 67.6. The van der Waals surface area contributed by atoms with Crippen LogP contribution in [0, 0.1) is 10.8 Å². The van der Waals surface area contributed by atoms with E-state index < -0.39 is 47.2 Å². The van der Waals surface area contributed by atoms with Gasteiger partial charge >= 0.3 is 6.03 Å². The number of likely N-dealkylation sites (tertiary alicyclic amines) is 1. The second-order valence-corrected chi connectivity index (χ2v) is 14.5. The lowest BCUT2D eigenvalue weighted by Gasteiger charge is -2.37. The van der Waals surface area contributed by atoms with Gasteiger partial charge in [-0.3, -0.25) is 23.5 Å². The maximum Gasteiger partial charge on any atom is 0.315 e. The zero-order chi connectivity index (χ0) is 36.4. The van der Waals surface area contributed by atoms with Crippen LogP contribution < -0.4 is 26.6 Å². The predicted molar refractivity (Wildman–Crippen MR) is 193 cm³/mol. The van der Waals surface area contributed by atoms with Crippen LogP contribution in [0.4, 0.5) is 4.79 Å². The van der Waals surface area contributed by atoms with Crippen molar-refractivity contribution in [3.63, 3.8) is 0 Å². The molecule has 0 aromatic heterocycles. The van der Waals surface area contributed by atoms with Gasteiger partial charge in [-0.05, 0) is 50.1 Å². The van der Waals surface area contributed by atoms with E-state index in [0.717, 1.165) is 25.9 Å². The van der Waals surface area contributed by atoms with Crippen molar-refractivity contribution in [3.05, 3.63) is 12.7 Å². The standard InChI is InChI=1S/C32H59N7O5S.C2H6/c1-10-12-15-22(25(40)28(42)34-17-11-2)35-27(41)23-16-13-20-39(23)29(43)26(32(6,7)8)37-30(44)36-24(31(3,4)5)21-38(45)19-14-18-33-9;1-2/h11,22-24,26,33,45H,2,10,12-21H2,1,3-9H3,(H,34,42)(H,35,41)(H2,36,37,44);1-2H3/t22?,23?,24-,26?;/m1./s1. The second-order valence-electron chi connectivity index (χ2n) is 14.0. The van der Waals surface area contributed by atoms with Crippen LogP contribution in [-0.4, -0.2) is 103 Å². The van der Waals surface area contributed by atoms with Crippen molar-refractivity contribution in [2.45, 2.75) is 125 Å². The summed E-state index contributed by atoms with van der Waals surface area (Å²) in [5.41, 5.74) is -0.949. The lowest BCUT2D eigenvalue weighted by molar-refractivity contribution is -0.143. The number of rotatable bonds is 18. The Morgan fingerprint density at radius 3 is 2.17 bits per heavy atom. The van der Waals surface area contributed by atoms with Crippen LogP contribution in [0.2, 0.25) is 0 Å². The van der Waals surface area contributed by atoms with Crippen molar-refractivity contribution in [1.82, 2.24) is 35.8 Å². The topological polar surface area (TPSA) is 152 Å². The third-order valence-electron chi connectivity index (χ3n) is 7.92. The van der Waals surface area contributed by atoms with Gasteiger partial charge in [0.2, 0.25) is 17.6 Å². The number of thiol groups is 1. The summed E-state index contributed by atoms with van der Waals surface area (Å²) in [6, 6.07) is -3.47. The summed E-state index contributed by atoms with van der Waals surface area (Å²) in [5, 5.41) is 14.3. The number of nitrogens with one attached hydrogen (secondary N) is 5. The molecule has 13 heteroatoms. The minimum Gasteiger partial charge on any atom is -0.346 e. The summed E-state index contributed by atoms with van der Waals surface area (Å²) < 4.78 is 1.88. The molecule has 5 N–H and O–H groups in total. The van der Waals surface area contributed by atoms with Gasteiger partial charge in [-0.15, -0.1) is 6.58 Å². The summed E-state index contributed by atoms with van der Waals surface area (Å²) in [5.74, 6) is -2.36. The molecule has 5 amide bonds. The number of hydrogen-bond acceptors (Lipinski definition) is 8. The van der Waals surface area contributed by atoms with Crippen LogP contribution in [0.5, 0.6) is 0 Å². The average Bonchev–Trinajstić information content (AvgIpc) is 3.50. The number of carbonyl (C=O) groups excluding carboxylic acids is 5. The highest BCUT2D eigenvalue weighted by Gasteiger charge is 2.43. The van der Waals surface area contributed by atoms with Crippen LogP contribution >= 0.6 is 12.8 Å². The summed E-state index contributed by atoms with van der Waals surface area (Å²) in [7, 11) is 1.90. The normalized spacial score (nSPS) is 16.7. The molecule has 0 aliphatic carbocycles. The van der Waals surface area contributed by atoms with Gasteiger partial charge in [-0.25, -0.2) is 4.79 Å². The Hall–Kier alpha value is -2.64. The molecule has 12 nitrogen and oxygen atoms in total. The molecule has 1 aliphatic heterocycles. The van der Waals surface area contributed by atoms with E-state index in [1.54, 1.807) is 0 Å². The number of carbonyl (C=O) groups is 5. The first-order valence-electron chi connectivity index (χ1n) is 17.2. The molecule has 0 spiro atoms. The number of nitrogens with zero attached hydrogens (tertiary/aromatic N) is 2. The van der Waals surface area contributed by atoms with Crippen molar-refractivity contribution in [3.8, 4) is 0 Å². The molecule has 47 heavy (non-hydrogen) atoms. The largest absolute Gasteiger partial charge is 0.346 e. The third-order valence-corrected chi connectivity index (χ3v) is 8.29. The lowest BCUT2D eigenvalue weighted by Crippen LogP contribution is -2.61. The smallest absolute Gasteiger partial charge is 0.315 e. The fourth-order valence-corrected chi connectivity index (χ4v) is 5.38. The van der Waals surface area contributed by atoms with E-state index in [9.17, 15) is 24.0 Å². The Bertz CT molecular complexity index is 1010. The zero-order valence-electron chi connectivity index (χ0n) is 30.8. The van der Waals surface area contributed by atoms with Gasteiger partial charge in [0.25, 0.3) is 5.91 Å². The molecular weight excluding hydrogens is 618 g/mol. The highest BCUT2D eigenvalue weighted by atomic mass is 32.1. The van der Waals surface area contributed by atoms with Crippen LogP contribution in [0.3, 0.4) is 0 Å². The molecule has 4 atom stereocenters. The van der Waals surface area contributed by atoms with Gasteiger partial charge in [0, 0.05) is 32.2 Å². The molecule has 0 aromatic carbocycles. The average molecular weight is 684 g/mol. The van der Waals surface area contributed by atoms with Gasteiger partial charge in [0.1, 0.15) is 12.1 Å². The fourth-order valence-electron chi connectivity index (χ4n) is 5.08. The second kappa shape index (κ2) is 22.1. The van der Waals surface area contributed by atoms with Gasteiger partial charge in [-0.1, -0.05) is 94.0 Å². The Kier molecular flexibility index (Phi) is 20.8. The number of unbranched alkanes of at least 4 members (excludes halogenated alkanes) is 1. The van der Waals surface area contributed by atoms with Crippen molar-refractivity contribution in [2.75, 3.05) is 39.8 Å². The van der Waals surface area contributed by atoms with Crippen molar-refractivity contribution in [2.24, 2.45) is 10.8 Å². The van der Waals surface area contributed by atoms with E-state index in [1.807, 2.05) is 73.7 Å². The quantitative estimate of drug-likeness (QED) is 0.0561. The third kappa shape index (κ3) is 15.9. The number of amides is 5. The highest BCUT2D eigenvalue weighted by Crippen LogP contribution is 2.27. The maximum absolute atomic E-state index is 14.0. The van der Waals surface area contributed by atoms with E-state index >= 15 is 0 Å². The van der Waals surface area contributed by atoms with E-state index in [2.05, 4.69) is 46.0 Å². The van der Waals surface area contributed by atoms with E-state index in [-0.39, 0.29) is 23.9 Å². The zero-order valence-corrected chi connectivity index (χ0v) is 31.6. The molecule has 1 saturated heterocycles. The Labute approximate surface area is 289 Å². The number of hydrogen-bond donors (Lipinski definition) is 6. The van der Waals surface area contributed by atoms with Crippen molar-refractivity contribution in [1.29, 1.82) is 0 Å². The minimum absolute atomic E-state index is 0.138. The minimum atomic E-state index is -0.999. The van der Waals surface area contributed by atoms with Crippen molar-refractivity contribution >= 4 is 42.4 Å². The van der Waals surface area contributed by atoms with Gasteiger partial charge in [0.15, 0.2) is 0 Å². The molecule has 1 heterocycles. The van der Waals surface area contributed by atoms with Crippen LogP contribution in [-0.2, 0) is 19.2 Å². The molecule has 0 radical (unpaired) electrons. The first kappa shape index (κ1) is 44.4. The van der Waals surface area contributed by atoms with E-state index in [0.29, 0.717) is 38.8 Å². The predicted octanol–water partition coefficient (Wildman–Crippen LogP) is 3.43. The molecule has 0 bridgehead atoms. The highest BCUT2D eigenvalue weighted by molar-refractivity contribution is 7.77. The van der Waals surface area contributed by atoms with Crippen molar-refractivity contribution < 1.29 is 24.0 Å². The Morgan fingerprint density at radius 1 is 1.00 bits per heavy atom. The van der Waals surface area contributed by atoms with E-state index in [4.69, 9.17) is 0 Å². The van der Waals surface area contributed by atoms with Crippen LogP contribution in [0.15, 0.2) is 12.7 Å². The molecule has 3 unspecified atom stereocenters. The number of Topliss-reactive ketones (excluding diaryl/α,β-unsaturated/α-hetero) is 1. The number of ketones is 1. The van der Waals surface area contributed by atoms with Crippen LogP contribution in [0.1, 0.15) is 101 Å². The van der Waals surface area contributed by atoms with Gasteiger partial charge in [-0.2, -0.15) is 0 Å². The molecule has 1 fully saturated rings. The van der Waals surface area contributed by atoms with Crippen LogP contribution in [0.25, 0.3) is 0 Å². The lowest BCUT2D eigenvalue weighted by atomic mass is 9.85. The molecular formula is C34H65N7O5S. The fraction of sp³-hybridized carbons (Fsp3) is 0.794. The number of urea groups is 1. The van der Waals surface area contributed by atoms with E-state index in [1.165, 1.54) is 11.0 Å². The monoisotopic (exact) mass is 683 g/mol. The maximum atomic E-state index is 14.0. The Balaban J connectivity index is 0.0000104. The first-order chi connectivity index (χ1) is 22.0.